The number of aryl methyl sites for hydroxylation is 1. The molecule has 0 amide bonds. The van der Waals surface area contributed by atoms with Crippen LogP contribution in [-0.4, -0.2) is 0 Å². The van der Waals surface area contributed by atoms with Crippen molar-refractivity contribution in [3.8, 4) is 17.9 Å². The molecular formula is C27H31N. The van der Waals surface area contributed by atoms with Gasteiger partial charge in [0.25, 0.3) is 0 Å². The molecule has 1 nitrogen and oxygen atoms in total. The molecule has 1 aliphatic carbocycles. The van der Waals surface area contributed by atoms with Gasteiger partial charge in [0, 0.05) is 11.1 Å². The highest BCUT2D eigenvalue weighted by Crippen LogP contribution is 2.36. The van der Waals surface area contributed by atoms with Crippen molar-refractivity contribution in [2.24, 2.45) is 5.92 Å². The summed E-state index contributed by atoms with van der Waals surface area (Å²) in [5.74, 6) is 8.15. The predicted octanol–water partition coefficient (Wildman–Crippen LogP) is 6.98. The lowest BCUT2D eigenvalue weighted by Crippen LogP contribution is -2.12. The van der Waals surface area contributed by atoms with Crippen molar-refractivity contribution >= 4 is 0 Å². The summed E-state index contributed by atoms with van der Waals surface area (Å²) < 4.78 is 0. The SMILES string of the molecule is CCCCc1ccc(C#Cc2ccc(C3CCC(CC)CC3)cc2)cc1C#N. The maximum Gasteiger partial charge on any atom is 0.0994 e. The first-order chi connectivity index (χ1) is 13.7. The van der Waals surface area contributed by atoms with Crippen molar-refractivity contribution in [1.82, 2.24) is 0 Å². The molecule has 1 saturated carbocycles. The Morgan fingerprint density at radius 3 is 2.21 bits per heavy atom. The van der Waals surface area contributed by atoms with Gasteiger partial charge < -0.3 is 0 Å². The van der Waals surface area contributed by atoms with E-state index in [4.69, 9.17) is 0 Å². The van der Waals surface area contributed by atoms with Crippen LogP contribution in [0.1, 0.15) is 92.5 Å². The van der Waals surface area contributed by atoms with Crippen LogP contribution >= 0.6 is 0 Å². The number of hydrogen-bond donors (Lipinski definition) is 0. The molecule has 3 rings (SSSR count). The minimum atomic E-state index is 0.721. The molecule has 0 radical (unpaired) electrons. The van der Waals surface area contributed by atoms with E-state index in [1.807, 2.05) is 12.1 Å². The summed E-state index contributed by atoms with van der Waals surface area (Å²) in [4.78, 5) is 0. The van der Waals surface area contributed by atoms with Crippen LogP contribution in [0, 0.1) is 29.1 Å². The first-order valence-corrected chi connectivity index (χ1v) is 10.9. The van der Waals surface area contributed by atoms with Crippen molar-refractivity contribution in [2.45, 2.75) is 71.1 Å². The Kier molecular flexibility index (Phi) is 7.33. The highest BCUT2D eigenvalue weighted by Gasteiger charge is 2.20. The molecule has 0 N–H and O–H groups in total. The van der Waals surface area contributed by atoms with Gasteiger partial charge in [-0.3, -0.25) is 0 Å². The van der Waals surface area contributed by atoms with Crippen LogP contribution < -0.4 is 0 Å². The summed E-state index contributed by atoms with van der Waals surface area (Å²) in [5, 5.41) is 9.42. The second-order valence-corrected chi connectivity index (χ2v) is 8.09. The molecule has 0 heterocycles. The number of nitriles is 1. The fraction of sp³-hybridized carbons (Fsp3) is 0.444. The highest BCUT2D eigenvalue weighted by atomic mass is 14.3. The molecule has 0 aliphatic heterocycles. The lowest BCUT2D eigenvalue weighted by Gasteiger charge is -2.28. The van der Waals surface area contributed by atoms with Crippen molar-refractivity contribution in [2.75, 3.05) is 0 Å². The van der Waals surface area contributed by atoms with Gasteiger partial charge in [-0.2, -0.15) is 5.26 Å². The second-order valence-electron chi connectivity index (χ2n) is 8.09. The molecular weight excluding hydrogens is 338 g/mol. The maximum atomic E-state index is 9.42. The van der Waals surface area contributed by atoms with Crippen LogP contribution in [0.5, 0.6) is 0 Å². The number of hydrogen-bond acceptors (Lipinski definition) is 1. The predicted molar refractivity (Wildman–Crippen MR) is 117 cm³/mol. The number of nitrogens with zero attached hydrogens (tertiary/aromatic N) is 1. The smallest absolute Gasteiger partial charge is 0.0994 e. The Hall–Kier alpha value is -2.51. The van der Waals surface area contributed by atoms with E-state index in [1.54, 1.807) is 0 Å². The van der Waals surface area contributed by atoms with E-state index in [0.717, 1.165) is 53.4 Å². The van der Waals surface area contributed by atoms with Crippen LogP contribution in [0.2, 0.25) is 0 Å². The maximum absolute atomic E-state index is 9.42. The van der Waals surface area contributed by atoms with Crippen LogP contribution in [0.3, 0.4) is 0 Å². The van der Waals surface area contributed by atoms with Gasteiger partial charge >= 0.3 is 0 Å². The van der Waals surface area contributed by atoms with Gasteiger partial charge in [-0.1, -0.05) is 56.7 Å². The molecule has 0 bridgehead atoms. The largest absolute Gasteiger partial charge is 0.192 e. The third kappa shape index (κ3) is 5.27. The summed E-state index contributed by atoms with van der Waals surface area (Å²) in [6.07, 6.45) is 9.95. The van der Waals surface area contributed by atoms with Crippen LogP contribution in [-0.2, 0) is 6.42 Å². The van der Waals surface area contributed by atoms with Gasteiger partial charge in [0.2, 0.25) is 0 Å². The molecule has 0 aromatic heterocycles. The summed E-state index contributed by atoms with van der Waals surface area (Å²) in [7, 11) is 0. The monoisotopic (exact) mass is 369 g/mol. The van der Waals surface area contributed by atoms with E-state index in [9.17, 15) is 5.26 Å². The van der Waals surface area contributed by atoms with Crippen LogP contribution in [0.15, 0.2) is 42.5 Å². The molecule has 0 unspecified atom stereocenters. The summed E-state index contributed by atoms with van der Waals surface area (Å²) >= 11 is 0. The Bertz CT molecular complexity index is 865. The third-order valence-corrected chi connectivity index (χ3v) is 6.19. The molecule has 1 heteroatoms. The van der Waals surface area contributed by atoms with E-state index < -0.39 is 0 Å². The zero-order valence-corrected chi connectivity index (χ0v) is 17.3. The minimum absolute atomic E-state index is 0.721. The molecule has 0 spiro atoms. The van der Waals surface area contributed by atoms with E-state index in [1.165, 1.54) is 37.7 Å². The van der Waals surface area contributed by atoms with Crippen molar-refractivity contribution in [1.29, 1.82) is 5.26 Å². The van der Waals surface area contributed by atoms with E-state index in [-0.39, 0.29) is 0 Å². The zero-order chi connectivity index (χ0) is 19.8. The van der Waals surface area contributed by atoms with Crippen molar-refractivity contribution < 1.29 is 0 Å². The van der Waals surface area contributed by atoms with Gasteiger partial charge in [-0.05, 0) is 85.8 Å². The van der Waals surface area contributed by atoms with Crippen molar-refractivity contribution in [3.05, 3.63) is 70.3 Å². The Morgan fingerprint density at radius 1 is 0.893 bits per heavy atom. The average molecular weight is 370 g/mol. The fourth-order valence-electron chi connectivity index (χ4n) is 4.23. The number of unbranched alkanes of at least 4 members (excludes halogenated alkanes) is 1. The van der Waals surface area contributed by atoms with Gasteiger partial charge in [-0.25, -0.2) is 0 Å². The van der Waals surface area contributed by atoms with Crippen LogP contribution in [0.4, 0.5) is 0 Å². The van der Waals surface area contributed by atoms with E-state index in [0.29, 0.717) is 0 Å². The van der Waals surface area contributed by atoms with Gasteiger partial charge in [-0.15, -0.1) is 0 Å². The summed E-state index contributed by atoms with van der Waals surface area (Å²) in [5.41, 5.74) is 5.32. The lowest BCUT2D eigenvalue weighted by molar-refractivity contribution is 0.319. The quantitative estimate of drug-likeness (QED) is 0.521. The standard InChI is InChI=1S/C27H31N/c1-3-5-6-24-18-13-23(19-27(24)20-28)8-7-22-11-16-26(17-12-22)25-14-9-21(4-2)10-15-25/h11-13,16-19,21,25H,3-6,9-10,14-15H2,1-2H3. The van der Waals surface area contributed by atoms with Crippen molar-refractivity contribution in [3.63, 3.8) is 0 Å². The molecule has 0 saturated heterocycles. The molecule has 0 atom stereocenters. The average Bonchev–Trinajstić information content (AvgIpc) is 2.77. The van der Waals surface area contributed by atoms with Gasteiger partial charge in [0.1, 0.15) is 0 Å². The van der Waals surface area contributed by atoms with Gasteiger partial charge in [0.15, 0.2) is 0 Å². The normalized spacial score (nSPS) is 18.8. The topological polar surface area (TPSA) is 23.8 Å². The second kappa shape index (κ2) is 10.1. The zero-order valence-electron chi connectivity index (χ0n) is 17.3. The highest BCUT2D eigenvalue weighted by molar-refractivity contribution is 5.49. The molecule has 1 aliphatic rings. The Morgan fingerprint density at radius 2 is 1.57 bits per heavy atom. The van der Waals surface area contributed by atoms with Crippen LogP contribution in [0.25, 0.3) is 0 Å². The number of benzene rings is 2. The molecule has 28 heavy (non-hydrogen) atoms. The molecule has 144 valence electrons. The Labute approximate surface area is 170 Å². The first-order valence-electron chi connectivity index (χ1n) is 10.9. The molecule has 1 fully saturated rings. The van der Waals surface area contributed by atoms with E-state index >= 15 is 0 Å². The third-order valence-electron chi connectivity index (χ3n) is 6.19. The Balaban J connectivity index is 1.67. The fourth-order valence-corrected chi connectivity index (χ4v) is 4.23. The van der Waals surface area contributed by atoms with E-state index in [2.05, 4.69) is 62.1 Å². The van der Waals surface area contributed by atoms with Gasteiger partial charge in [0.05, 0.1) is 11.6 Å². The lowest BCUT2D eigenvalue weighted by atomic mass is 9.78. The summed E-state index contributed by atoms with van der Waals surface area (Å²) in [6, 6.07) is 17.2. The first kappa shape index (κ1) is 20.2. The number of rotatable bonds is 5. The molecule has 2 aromatic rings. The molecule has 2 aromatic carbocycles. The summed E-state index contributed by atoms with van der Waals surface area (Å²) in [6.45, 7) is 4.49. The minimum Gasteiger partial charge on any atom is -0.192 e.